The number of carbonyl (C=O) groups excluding carboxylic acids is 1. The highest BCUT2D eigenvalue weighted by molar-refractivity contribution is 9.10. The van der Waals surface area contributed by atoms with Crippen molar-refractivity contribution in [3.63, 3.8) is 0 Å². The molecule has 5 nitrogen and oxygen atoms in total. The van der Waals surface area contributed by atoms with E-state index in [9.17, 15) is 4.79 Å². The molecule has 1 fully saturated rings. The van der Waals surface area contributed by atoms with Gasteiger partial charge in [0.25, 0.3) is 0 Å². The van der Waals surface area contributed by atoms with Gasteiger partial charge in [-0.2, -0.15) is 0 Å². The van der Waals surface area contributed by atoms with Gasteiger partial charge < -0.3 is 9.88 Å². The average Bonchev–Trinajstić information content (AvgIpc) is 3.31. The van der Waals surface area contributed by atoms with Crippen molar-refractivity contribution in [3.05, 3.63) is 77.0 Å². The zero-order valence-electron chi connectivity index (χ0n) is 16.3. The fourth-order valence-corrected chi connectivity index (χ4v) is 5.10. The van der Waals surface area contributed by atoms with Crippen molar-refractivity contribution < 1.29 is 4.79 Å². The second-order valence-corrected chi connectivity index (χ2v) is 9.39. The number of benzene rings is 2. The van der Waals surface area contributed by atoms with Gasteiger partial charge in [0.15, 0.2) is 11.0 Å². The van der Waals surface area contributed by atoms with E-state index in [4.69, 9.17) is 4.98 Å². The Kier molecular flexibility index (Phi) is 4.79. The summed E-state index contributed by atoms with van der Waals surface area (Å²) < 4.78 is 2.95. The van der Waals surface area contributed by atoms with Crippen LogP contribution in [0.3, 0.4) is 0 Å². The van der Waals surface area contributed by atoms with Crippen LogP contribution in [0, 0.1) is 0 Å². The van der Waals surface area contributed by atoms with Crippen LogP contribution in [0.4, 0.5) is 5.13 Å². The minimum atomic E-state index is -0.467. The molecule has 1 aliphatic carbocycles. The maximum absolute atomic E-state index is 13.2. The molecule has 2 aromatic heterocycles. The molecule has 150 valence electrons. The van der Waals surface area contributed by atoms with E-state index >= 15 is 0 Å². The van der Waals surface area contributed by atoms with E-state index in [2.05, 4.69) is 26.2 Å². The van der Waals surface area contributed by atoms with Gasteiger partial charge in [0.2, 0.25) is 5.91 Å². The van der Waals surface area contributed by atoms with E-state index < -0.39 is 5.41 Å². The second-order valence-electron chi connectivity index (χ2n) is 7.47. The predicted octanol–water partition coefficient (Wildman–Crippen LogP) is 5.64. The van der Waals surface area contributed by atoms with E-state index in [1.165, 1.54) is 11.3 Å². The number of imidazole rings is 1. The summed E-state index contributed by atoms with van der Waals surface area (Å²) in [5.41, 5.74) is 2.41. The molecule has 0 aliphatic heterocycles. The lowest BCUT2D eigenvalue weighted by Gasteiger charge is -2.14. The van der Waals surface area contributed by atoms with Gasteiger partial charge in [-0.25, -0.2) is 9.97 Å². The van der Waals surface area contributed by atoms with Gasteiger partial charge in [-0.1, -0.05) is 69.7 Å². The molecule has 1 aliphatic rings. The Labute approximate surface area is 186 Å². The van der Waals surface area contributed by atoms with Gasteiger partial charge in [0, 0.05) is 29.5 Å². The van der Waals surface area contributed by atoms with Crippen LogP contribution in [0.2, 0.25) is 0 Å². The Morgan fingerprint density at radius 1 is 1.17 bits per heavy atom. The third kappa shape index (κ3) is 3.38. The van der Waals surface area contributed by atoms with Gasteiger partial charge in [0.1, 0.15) is 0 Å². The minimum absolute atomic E-state index is 0.000326. The molecule has 0 spiro atoms. The highest BCUT2D eigenvalue weighted by Crippen LogP contribution is 2.50. The quantitative estimate of drug-likeness (QED) is 0.403. The van der Waals surface area contributed by atoms with Crippen LogP contribution < -0.4 is 5.32 Å². The van der Waals surface area contributed by atoms with Crippen molar-refractivity contribution in [2.45, 2.75) is 18.3 Å². The van der Waals surface area contributed by atoms with Crippen LogP contribution >= 0.6 is 27.3 Å². The summed E-state index contributed by atoms with van der Waals surface area (Å²) in [5, 5.41) is 3.69. The SMILES string of the molecule is Cn1ccnc1-c1sc(NC(=O)C2(c3cccc(Br)c3)CC2)nc1-c1ccccc1. The average molecular weight is 479 g/mol. The molecule has 2 aromatic carbocycles. The molecule has 0 unspecified atom stereocenters. The lowest BCUT2D eigenvalue weighted by atomic mass is 9.95. The molecule has 4 aromatic rings. The number of aromatic nitrogens is 3. The largest absolute Gasteiger partial charge is 0.333 e. The summed E-state index contributed by atoms with van der Waals surface area (Å²) in [6, 6.07) is 18.0. The maximum atomic E-state index is 13.2. The van der Waals surface area contributed by atoms with Crippen LogP contribution in [0.5, 0.6) is 0 Å². The first kappa shape index (κ1) is 19.2. The van der Waals surface area contributed by atoms with Gasteiger partial charge in [-0.15, -0.1) is 0 Å². The number of hydrogen-bond donors (Lipinski definition) is 1. The van der Waals surface area contributed by atoms with Crippen molar-refractivity contribution in [2.24, 2.45) is 7.05 Å². The number of hydrogen-bond acceptors (Lipinski definition) is 4. The molecular formula is C23H19BrN4OS. The number of aryl methyl sites for hydroxylation is 1. The lowest BCUT2D eigenvalue weighted by molar-refractivity contribution is -0.118. The minimum Gasteiger partial charge on any atom is -0.333 e. The Bertz CT molecular complexity index is 1230. The summed E-state index contributed by atoms with van der Waals surface area (Å²) in [4.78, 5) is 23.5. The summed E-state index contributed by atoms with van der Waals surface area (Å²) >= 11 is 4.98. The number of amides is 1. The summed E-state index contributed by atoms with van der Waals surface area (Å²) in [5.74, 6) is 0.834. The Hall–Kier alpha value is -2.77. The zero-order chi connectivity index (χ0) is 20.7. The van der Waals surface area contributed by atoms with E-state index in [1.807, 2.05) is 72.4 Å². The van der Waals surface area contributed by atoms with E-state index in [-0.39, 0.29) is 5.91 Å². The predicted molar refractivity (Wildman–Crippen MR) is 123 cm³/mol. The van der Waals surface area contributed by atoms with Crippen molar-refractivity contribution in [2.75, 3.05) is 5.32 Å². The number of thiazole rings is 1. The third-order valence-corrected chi connectivity index (χ3v) is 6.94. The van der Waals surface area contributed by atoms with Crippen molar-refractivity contribution >= 4 is 38.3 Å². The third-order valence-electron chi connectivity index (χ3n) is 5.48. The fraction of sp³-hybridized carbons (Fsp3) is 0.174. The van der Waals surface area contributed by atoms with Crippen LogP contribution in [-0.4, -0.2) is 20.4 Å². The topological polar surface area (TPSA) is 59.8 Å². The first-order chi connectivity index (χ1) is 14.6. The fourth-order valence-electron chi connectivity index (χ4n) is 3.68. The number of nitrogens with one attached hydrogen (secondary N) is 1. The molecule has 0 saturated heterocycles. The number of carbonyl (C=O) groups is 1. The van der Waals surface area contributed by atoms with Crippen molar-refractivity contribution in [3.8, 4) is 22.0 Å². The molecule has 0 radical (unpaired) electrons. The van der Waals surface area contributed by atoms with Gasteiger partial charge in [-0.3, -0.25) is 4.79 Å². The zero-order valence-corrected chi connectivity index (χ0v) is 18.7. The molecule has 1 saturated carbocycles. The molecule has 7 heteroatoms. The van der Waals surface area contributed by atoms with E-state index in [0.717, 1.165) is 44.8 Å². The Morgan fingerprint density at radius 2 is 1.97 bits per heavy atom. The number of nitrogens with zero attached hydrogens (tertiary/aromatic N) is 3. The molecule has 1 amide bonds. The normalized spacial score (nSPS) is 14.5. The number of halogens is 1. The molecule has 2 heterocycles. The molecule has 1 N–H and O–H groups in total. The highest BCUT2D eigenvalue weighted by Gasteiger charge is 2.51. The van der Waals surface area contributed by atoms with E-state index in [1.54, 1.807) is 6.20 Å². The van der Waals surface area contributed by atoms with Crippen molar-refractivity contribution in [1.29, 1.82) is 0 Å². The van der Waals surface area contributed by atoms with Crippen LogP contribution in [0.15, 0.2) is 71.5 Å². The lowest BCUT2D eigenvalue weighted by Crippen LogP contribution is -2.27. The summed E-state index contributed by atoms with van der Waals surface area (Å²) in [6.07, 6.45) is 5.37. The highest BCUT2D eigenvalue weighted by atomic mass is 79.9. The molecular weight excluding hydrogens is 460 g/mol. The summed E-state index contributed by atoms with van der Waals surface area (Å²) in [6.45, 7) is 0. The second kappa shape index (κ2) is 7.49. The van der Waals surface area contributed by atoms with Gasteiger partial charge in [-0.05, 0) is 30.5 Å². The number of anilines is 1. The molecule has 0 bridgehead atoms. The monoisotopic (exact) mass is 478 g/mol. The van der Waals surface area contributed by atoms with Gasteiger partial charge >= 0.3 is 0 Å². The molecule has 5 rings (SSSR count). The first-order valence-electron chi connectivity index (χ1n) is 9.68. The Morgan fingerprint density at radius 3 is 2.63 bits per heavy atom. The van der Waals surface area contributed by atoms with E-state index in [0.29, 0.717) is 5.13 Å². The smallest absolute Gasteiger partial charge is 0.236 e. The first-order valence-corrected chi connectivity index (χ1v) is 11.3. The van der Waals surface area contributed by atoms with Crippen LogP contribution in [0.1, 0.15) is 18.4 Å². The van der Waals surface area contributed by atoms with Crippen LogP contribution in [-0.2, 0) is 17.3 Å². The standard InChI is InChI=1S/C23H19BrN4OS/c1-28-13-12-25-20(28)19-18(15-6-3-2-4-7-15)26-22(30-19)27-21(29)23(10-11-23)16-8-5-9-17(24)14-16/h2-9,12-14H,10-11H2,1H3,(H,26,27,29). The number of rotatable bonds is 5. The maximum Gasteiger partial charge on any atom is 0.236 e. The van der Waals surface area contributed by atoms with Crippen molar-refractivity contribution in [1.82, 2.24) is 14.5 Å². The van der Waals surface area contributed by atoms with Gasteiger partial charge in [0.05, 0.1) is 16.0 Å². The van der Waals surface area contributed by atoms with Crippen LogP contribution in [0.25, 0.3) is 22.0 Å². The molecule has 0 atom stereocenters. The summed E-state index contributed by atoms with van der Waals surface area (Å²) in [7, 11) is 1.96. The molecule has 30 heavy (non-hydrogen) atoms. The Balaban J connectivity index is 1.51.